The topological polar surface area (TPSA) is 141 Å². The average molecular weight is 283 g/mol. The Labute approximate surface area is 115 Å². The monoisotopic (exact) mass is 283 g/mol. The van der Waals surface area contributed by atoms with Gasteiger partial charge in [-0.2, -0.15) is 0 Å². The fourth-order valence-electron chi connectivity index (χ4n) is 1.63. The Morgan fingerprint density at radius 2 is 1.80 bits per heavy atom. The first-order valence-corrected chi connectivity index (χ1v) is 5.83. The molecular formula is C11H17N5O4. The van der Waals surface area contributed by atoms with Crippen LogP contribution in [0.3, 0.4) is 0 Å². The van der Waals surface area contributed by atoms with Crippen molar-refractivity contribution in [1.29, 1.82) is 5.41 Å². The SMILES string of the molecule is N=C(N)N.O=[N+]([O-])Oc1ccc(N2CCOCC2)cc1. The van der Waals surface area contributed by atoms with E-state index < -0.39 is 5.09 Å². The van der Waals surface area contributed by atoms with E-state index in [0.717, 1.165) is 18.8 Å². The van der Waals surface area contributed by atoms with Crippen molar-refractivity contribution in [3.05, 3.63) is 34.4 Å². The fourth-order valence-corrected chi connectivity index (χ4v) is 1.63. The number of morpholine rings is 1. The van der Waals surface area contributed by atoms with Crippen LogP contribution in [0.5, 0.6) is 5.75 Å². The molecule has 0 radical (unpaired) electrons. The lowest BCUT2D eigenvalue weighted by Gasteiger charge is -2.28. The summed E-state index contributed by atoms with van der Waals surface area (Å²) in [6, 6.07) is 6.80. The number of benzene rings is 1. The molecule has 20 heavy (non-hydrogen) atoms. The van der Waals surface area contributed by atoms with Gasteiger partial charge in [0.15, 0.2) is 5.96 Å². The molecular weight excluding hydrogens is 266 g/mol. The molecule has 1 fully saturated rings. The predicted octanol–water partition coefficient (Wildman–Crippen LogP) is -0.0677. The van der Waals surface area contributed by atoms with Crippen LogP contribution in [0.1, 0.15) is 0 Å². The summed E-state index contributed by atoms with van der Waals surface area (Å²) in [6.45, 7) is 3.12. The fraction of sp³-hybridized carbons (Fsp3) is 0.364. The molecule has 0 atom stereocenters. The molecule has 0 spiro atoms. The molecule has 9 heteroatoms. The first-order chi connectivity index (χ1) is 9.49. The van der Waals surface area contributed by atoms with Gasteiger partial charge in [0.1, 0.15) is 5.75 Å². The standard InChI is InChI=1S/C10H12N2O4.CH5N3/c13-12(14)16-10-3-1-9(2-4-10)11-5-7-15-8-6-11;2-1(3)4/h1-4H,5-8H2;(H5,2,3,4). The molecule has 1 aliphatic rings. The Morgan fingerprint density at radius 3 is 2.25 bits per heavy atom. The van der Waals surface area contributed by atoms with Crippen LogP contribution in [0.4, 0.5) is 5.69 Å². The van der Waals surface area contributed by atoms with Gasteiger partial charge in [-0.3, -0.25) is 10.2 Å². The van der Waals surface area contributed by atoms with Gasteiger partial charge >= 0.3 is 0 Å². The van der Waals surface area contributed by atoms with Crippen LogP contribution in [0.2, 0.25) is 0 Å². The lowest BCUT2D eigenvalue weighted by atomic mass is 10.2. The smallest absolute Gasteiger partial charge is 0.299 e. The maximum absolute atomic E-state index is 10.1. The Morgan fingerprint density at radius 1 is 1.30 bits per heavy atom. The average Bonchev–Trinajstić information content (AvgIpc) is 2.39. The molecule has 5 N–H and O–H groups in total. The maximum atomic E-state index is 10.1. The van der Waals surface area contributed by atoms with Gasteiger partial charge in [0.25, 0.3) is 5.09 Å². The number of guanidine groups is 1. The van der Waals surface area contributed by atoms with E-state index in [2.05, 4.69) is 21.2 Å². The van der Waals surface area contributed by atoms with E-state index in [4.69, 9.17) is 10.1 Å². The number of nitrogens with two attached hydrogens (primary N) is 2. The van der Waals surface area contributed by atoms with Crippen molar-refractivity contribution < 1.29 is 14.7 Å². The first kappa shape index (κ1) is 15.5. The van der Waals surface area contributed by atoms with Crippen LogP contribution in [-0.4, -0.2) is 37.3 Å². The van der Waals surface area contributed by atoms with Crippen molar-refractivity contribution in [3.8, 4) is 5.75 Å². The van der Waals surface area contributed by atoms with E-state index in [1.54, 1.807) is 12.1 Å². The molecule has 0 unspecified atom stereocenters. The van der Waals surface area contributed by atoms with Gasteiger partial charge in [-0.1, -0.05) is 0 Å². The Hall–Kier alpha value is -2.55. The third kappa shape index (κ3) is 5.87. The van der Waals surface area contributed by atoms with Gasteiger partial charge < -0.3 is 21.1 Å². The molecule has 1 heterocycles. The summed E-state index contributed by atoms with van der Waals surface area (Å²) in [6.07, 6.45) is 0. The van der Waals surface area contributed by atoms with E-state index in [1.165, 1.54) is 0 Å². The molecule has 110 valence electrons. The zero-order chi connectivity index (χ0) is 15.0. The van der Waals surface area contributed by atoms with Crippen LogP contribution >= 0.6 is 0 Å². The number of hydrogen-bond donors (Lipinski definition) is 3. The Bertz CT molecular complexity index is 441. The normalized spacial score (nSPS) is 13.9. The highest BCUT2D eigenvalue weighted by Gasteiger charge is 2.11. The van der Waals surface area contributed by atoms with Gasteiger partial charge in [-0.05, 0) is 24.3 Å². The van der Waals surface area contributed by atoms with E-state index in [-0.39, 0.29) is 11.7 Å². The third-order valence-corrected chi connectivity index (χ3v) is 2.39. The van der Waals surface area contributed by atoms with Crippen LogP contribution in [-0.2, 0) is 4.74 Å². The Kier molecular flexibility index (Phi) is 6.04. The highest BCUT2D eigenvalue weighted by Crippen LogP contribution is 2.20. The number of rotatable bonds is 3. The number of hydrogen-bond acceptors (Lipinski definition) is 6. The minimum absolute atomic E-state index is 0.238. The highest BCUT2D eigenvalue weighted by atomic mass is 17.0. The number of anilines is 1. The third-order valence-electron chi connectivity index (χ3n) is 2.39. The molecule has 0 saturated carbocycles. The molecule has 0 amide bonds. The minimum atomic E-state index is -0.816. The van der Waals surface area contributed by atoms with Crippen LogP contribution < -0.4 is 21.2 Å². The highest BCUT2D eigenvalue weighted by molar-refractivity contribution is 5.71. The lowest BCUT2D eigenvalue weighted by Crippen LogP contribution is -2.36. The largest absolute Gasteiger partial charge is 0.378 e. The predicted molar refractivity (Wildman–Crippen MR) is 73.2 cm³/mol. The van der Waals surface area contributed by atoms with Crippen molar-refractivity contribution in [2.75, 3.05) is 31.2 Å². The van der Waals surface area contributed by atoms with Crippen LogP contribution in [0.15, 0.2) is 24.3 Å². The first-order valence-electron chi connectivity index (χ1n) is 5.83. The second kappa shape index (κ2) is 7.79. The molecule has 1 aromatic rings. The van der Waals surface area contributed by atoms with E-state index in [0.29, 0.717) is 13.2 Å². The summed E-state index contributed by atoms with van der Waals surface area (Å²) in [5.74, 6) is -0.0954. The van der Waals surface area contributed by atoms with Crippen LogP contribution in [0, 0.1) is 15.5 Å². The van der Waals surface area contributed by atoms with Crippen molar-refractivity contribution in [2.45, 2.75) is 0 Å². The summed E-state index contributed by atoms with van der Waals surface area (Å²) < 4.78 is 5.24. The van der Waals surface area contributed by atoms with Gasteiger partial charge in [0.05, 0.1) is 13.2 Å². The molecule has 0 bridgehead atoms. The second-order valence-electron chi connectivity index (χ2n) is 3.86. The molecule has 0 aliphatic carbocycles. The second-order valence-corrected chi connectivity index (χ2v) is 3.86. The van der Waals surface area contributed by atoms with Crippen molar-refractivity contribution in [3.63, 3.8) is 0 Å². The maximum Gasteiger partial charge on any atom is 0.299 e. The summed E-state index contributed by atoms with van der Waals surface area (Å²) >= 11 is 0. The number of nitrogens with zero attached hydrogens (tertiary/aromatic N) is 2. The Balaban J connectivity index is 0.000000444. The summed E-state index contributed by atoms with van der Waals surface area (Å²) in [4.78, 5) is 16.6. The van der Waals surface area contributed by atoms with E-state index in [9.17, 15) is 10.1 Å². The summed E-state index contributed by atoms with van der Waals surface area (Å²) in [7, 11) is 0. The quantitative estimate of drug-likeness (QED) is 0.305. The molecule has 1 saturated heterocycles. The lowest BCUT2D eigenvalue weighted by molar-refractivity contribution is -0.711. The number of ether oxygens (including phenoxy) is 1. The molecule has 1 aliphatic heterocycles. The zero-order valence-electron chi connectivity index (χ0n) is 10.8. The van der Waals surface area contributed by atoms with Gasteiger partial charge in [0, 0.05) is 18.8 Å². The zero-order valence-corrected chi connectivity index (χ0v) is 10.8. The molecule has 2 rings (SSSR count). The van der Waals surface area contributed by atoms with Gasteiger partial charge in [-0.15, -0.1) is 10.1 Å². The molecule has 0 aromatic heterocycles. The summed E-state index contributed by atoms with van der Waals surface area (Å²) in [5, 5.41) is 15.4. The van der Waals surface area contributed by atoms with Crippen molar-refractivity contribution in [1.82, 2.24) is 0 Å². The van der Waals surface area contributed by atoms with Gasteiger partial charge in [0.2, 0.25) is 0 Å². The molecule has 1 aromatic carbocycles. The minimum Gasteiger partial charge on any atom is -0.378 e. The van der Waals surface area contributed by atoms with Crippen molar-refractivity contribution >= 4 is 11.6 Å². The van der Waals surface area contributed by atoms with Crippen LogP contribution in [0.25, 0.3) is 0 Å². The van der Waals surface area contributed by atoms with E-state index >= 15 is 0 Å². The van der Waals surface area contributed by atoms with E-state index in [1.807, 2.05) is 12.1 Å². The molecule has 9 nitrogen and oxygen atoms in total. The van der Waals surface area contributed by atoms with Crippen molar-refractivity contribution in [2.24, 2.45) is 11.5 Å². The number of nitrogens with one attached hydrogen (secondary N) is 1. The summed E-state index contributed by atoms with van der Waals surface area (Å²) in [5.41, 5.74) is 9.97. The van der Waals surface area contributed by atoms with Gasteiger partial charge in [-0.25, -0.2) is 0 Å².